The third-order valence-corrected chi connectivity index (χ3v) is 3.68. The predicted octanol–water partition coefficient (Wildman–Crippen LogP) is 5.29. The van der Waals surface area contributed by atoms with E-state index < -0.39 is 0 Å². The van der Waals surface area contributed by atoms with Crippen molar-refractivity contribution in [2.75, 3.05) is 0 Å². The average molecular weight is 310 g/mol. The van der Waals surface area contributed by atoms with Crippen LogP contribution in [-0.4, -0.2) is 4.98 Å². The maximum Gasteiger partial charge on any atom is 0.129 e. The van der Waals surface area contributed by atoms with Gasteiger partial charge in [-0.1, -0.05) is 48.0 Å². The number of pyridine rings is 1. The van der Waals surface area contributed by atoms with Crippen LogP contribution < -0.4 is 4.74 Å². The first-order chi connectivity index (χ1) is 10.7. The van der Waals surface area contributed by atoms with Gasteiger partial charge < -0.3 is 4.74 Å². The summed E-state index contributed by atoms with van der Waals surface area (Å²) in [6.07, 6.45) is 1.72. The first-order valence-electron chi connectivity index (χ1n) is 7.12. The van der Waals surface area contributed by atoms with Crippen molar-refractivity contribution in [2.24, 2.45) is 0 Å². The van der Waals surface area contributed by atoms with Crippen molar-refractivity contribution in [3.05, 3.63) is 83.1 Å². The number of ether oxygens (including phenoxy) is 1. The fourth-order valence-electron chi connectivity index (χ4n) is 2.31. The van der Waals surface area contributed by atoms with Crippen molar-refractivity contribution in [3.8, 4) is 16.9 Å². The highest BCUT2D eigenvalue weighted by atomic mass is 35.5. The molecule has 0 aliphatic carbocycles. The average Bonchev–Trinajstić information content (AvgIpc) is 2.54. The molecular weight excluding hydrogens is 294 g/mol. The summed E-state index contributed by atoms with van der Waals surface area (Å²) < 4.78 is 5.90. The van der Waals surface area contributed by atoms with Crippen molar-refractivity contribution in [1.82, 2.24) is 4.98 Å². The van der Waals surface area contributed by atoms with E-state index in [0.717, 1.165) is 28.0 Å². The van der Waals surface area contributed by atoms with E-state index in [1.807, 2.05) is 49.4 Å². The van der Waals surface area contributed by atoms with E-state index in [1.54, 1.807) is 6.20 Å². The number of benzene rings is 2. The molecule has 2 aromatic carbocycles. The van der Waals surface area contributed by atoms with Crippen LogP contribution in [0.5, 0.6) is 5.75 Å². The third-order valence-electron chi connectivity index (χ3n) is 3.47. The summed E-state index contributed by atoms with van der Waals surface area (Å²) in [6.45, 7) is 2.62. The minimum Gasteiger partial charge on any atom is -0.489 e. The van der Waals surface area contributed by atoms with Gasteiger partial charge in [0.1, 0.15) is 17.5 Å². The number of halogens is 1. The smallest absolute Gasteiger partial charge is 0.129 e. The van der Waals surface area contributed by atoms with Gasteiger partial charge in [-0.2, -0.15) is 0 Å². The predicted molar refractivity (Wildman–Crippen MR) is 90.2 cm³/mol. The van der Waals surface area contributed by atoms with Gasteiger partial charge in [0, 0.05) is 6.20 Å². The summed E-state index contributed by atoms with van der Waals surface area (Å²) in [5, 5.41) is 0.500. The Labute approximate surface area is 135 Å². The van der Waals surface area contributed by atoms with Crippen LogP contribution in [0.4, 0.5) is 0 Å². The van der Waals surface area contributed by atoms with E-state index in [9.17, 15) is 0 Å². The van der Waals surface area contributed by atoms with Crippen LogP contribution in [-0.2, 0) is 6.61 Å². The number of aromatic nitrogens is 1. The van der Waals surface area contributed by atoms with Crippen molar-refractivity contribution >= 4 is 11.6 Å². The van der Waals surface area contributed by atoms with E-state index >= 15 is 0 Å². The Morgan fingerprint density at radius 3 is 2.45 bits per heavy atom. The summed E-state index contributed by atoms with van der Waals surface area (Å²) in [7, 11) is 0. The lowest BCUT2D eigenvalue weighted by Gasteiger charge is -2.11. The van der Waals surface area contributed by atoms with E-state index in [4.69, 9.17) is 16.3 Å². The van der Waals surface area contributed by atoms with Gasteiger partial charge in [0.15, 0.2) is 0 Å². The second kappa shape index (κ2) is 6.63. The standard InChI is InChI=1S/C19H16ClNO/c1-14-11-16(17-9-10-21-19(20)12-17)7-8-18(14)22-13-15-5-3-2-4-6-15/h2-12H,13H2,1H3. The SMILES string of the molecule is Cc1cc(-c2ccnc(Cl)c2)ccc1OCc1ccccc1. The van der Waals surface area contributed by atoms with E-state index in [-0.39, 0.29) is 0 Å². The topological polar surface area (TPSA) is 22.1 Å². The molecule has 2 nitrogen and oxygen atoms in total. The highest BCUT2D eigenvalue weighted by molar-refractivity contribution is 6.29. The van der Waals surface area contributed by atoms with Gasteiger partial charge in [-0.15, -0.1) is 0 Å². The van der Waals surface area contributed by atoms with Crippen LogP contribution in [0.3, 0.4) is 0 Å². The van der Waals surface area contributed by atoms with Crippen LogP contribution in [0.15, 0.2) is 66.9 Å². The Kier molecular flexibility index (Phi) is 4.40. The highest BCUT2D eigenvalue weighted by Gasteiger charge is 2.04. The van der Waals surface area contributed by atoms with Gasteiger partial charge >= 0.3 is 0 Å². The molecule has 0 amide bonds. The van der Waals surface area contributed by atoms with E-state index in [1.165, 1.54) is 0 Å². The normalized spacial score (nSPS) is 10.5. The molecule has 0 bridgehead atoms. The molecule has 110 valence electrons. The second-order valence-electron chi connectivity index (χ2n) is 5.12. The summed E-state index contributed by atoms with van der Waals surface area (Å²) >= 11 is 5.95. The molecule has 0 radical (unpaired) electrons. The molecular formula is C19H16ClNO. The van der Waals surface area contributed by atoms with Crippen molar-refractivity contribution in [3.63, 3.8) is 0 Å². The Morgan fingerprint density at radius 2 is 1.73 bits per heavy atom. The molecule has 0 spiro atoms. The summed E-state index contributed by atoms with van der Waals surface area (Å²) in [5.41, 5.74) is 4.42. The number of hydrogen-bond acceptors (Lipinski definition) is 2. The molecule has 1 heterocycles. The molecule has 0 atom stereocenters. The van der Waals surface area contributed by atoms with Gasteiger partial charge in [0.2, 0.25) is 0 Å². The van der Waals surface area contributed by atoms with Gasteiger partial charge in [0.25, 0.3) is 0 Å². The van der Waals surface area contributed by atoms with Crippen LogP contribution in [0, 0.1) is 6.92 Å². The largest absolute Gasteiger partial charge is 0.489 e. The Hall–Kier alpha value is -2.32. The van der Waals surface area contributed by atoms with Crippen LogP contribution in [0.1, 0.15) is 11.1 Å². The molecule has 0 saturated heterocycles. The highest BCUT2D eigenvalue weighted by Crippen LogP contribution is 2.27. The van der Waals surface area contributed by atoms with Crippen LogP contribution in [0.2, 0.25) is 5.15 Å². The zero-order chi connectivity index (χ0) is 15.4. The van der Waals surface area contributed by atoms with Crippen molar-refractivity contribution in [1.29, 1.82) is 0 Å². The van der Waals surface area contributed by atoms with Crippen LogP contribution in [0.25, 0.3) is 11.1 Å². The Bertz CT molecular complexity index is 771. The molecule has 0 fully saturated rings. The molecule has 0 aliphatic rings. The Morgan fingerprint density at radius 1 is 0.955 bits per heavy atom. The molecule has 0 saturated carbocycles. The third kappa shape index (κ3) is 3.46. The number of rotatable bonds is 4. The van der Waals surface area contributed by atoms with Gasteiger partial charge in [-0.25, -0.2) is 4.98 Å². The quantitative estimate of drug-likeness (QED) is 0.611. The maximum absolute atomic E-state index is 5.95. The minimum atomic E-state index is 0.500. The first kappa shape index (κ1) is 14.6. The number of nitrogens with zero attached hydrogens (tertiary/aromatic N) is 1. The summed E-state index contributed by atoms with van der Waals surface area (Å²) in [4.78, 5) is 4.01. The van der Waals surface area contributed by atoms with E-state index in [0.29, 0.717) is 11.8 Å². The number of aryl methyl sites for hydroxylation is 1. The second-order valence-corrected chi connectivity index (χ2v) is 5.51. The fraction of sp³-hybridized carbons (Fsp3) is 0.105. The molecule has 0 unspecified atom stereocenters. The van der Waals surface area contributed by atoms with Crippen molar-refractivity contribution < 1.29 is 4.74 Å². The zero-order valence-electron chi connectivity index (χ0n) is 12.3. The van der Waals surface area contributed by atoms with Gasteiger partial charge in [-0.3, -0.25) is 0 Å². The van der Waals surface area contributed by atoms with E-state index in [2.05, 4.69) is 23.2 Å². The molecule has 3 rings (SSSR count). The Balaban J connectivity index is 1.78. The molecule has 1 aromatic heterocycles. The lowest BCUT2D eigenvalue weighted by atomic mass is 10.0. The monoisotopic (exact) mass is 309 g/mol. The zero-order valence-corrected chi connectivity index (χ0v) is 13.0. The molecule has 3 heteroatoms. The summed E-state index contributed by atoms with van der Waals surface area (Å²) in [6, 6.07) is 20.1. The number of hydrogen-bond donors (Lipinski definition) is 0. The van der Waals surface area contributed by atoms with Crippen LogP contribution >= 0.6 is 11.6 Å². The summed E-state index contributed by atoms with van der Waals surface area (Å²) in [5.74, 6) is 0.896. The molecule has 3 aromatic rings. The molecule has 0 N–H and O–H groups in total. The minimum absolute atomic E-state index is 0.500. The van der Waals surface area contributed by atoms with Gasteiger partial charge in [0.05, 0.1) is 0 Å². The molecule has 0 aliphatic heterocycles. The lowest BCUT2D eigenvalue weighted by molar-refractivity contribution is 0.304. The first-order valence-corrected chi connectivity index (χ1v) is 7.49. The molecule has 22 heavy (non-hydrogen) atoms. The van der Waals surface area contributed by atoms with Crippen molar-refractivity contribution in [2.45, 2.75) is 13.5 Å². The lowest BCUT2D eigenvalue weighted by Crippen LogP contribution is -1.97. The van der Waals surface area contributed by atoms with Gasteiger partial charge in [-0.05, 0) is 53.4 Å². The maximum atomic E-state index is 5.95. The fourth-order valence-corrected chi connectivity index (χ4v) is 2.48.